The van der Waals surface area contributed by atoms with Crippen molar-refractivity contribution in [1.29, 1.82) is 0 Å². The molecule has 1 fully saturated rings. The smallest absolute Gasteiger partial charge is 0.251 e. The topological polar surface area (TPSA) is 68.8 Å². The van der Waals surface area contributed by atoms with Gasteiger partial charge in [-0.3, -0.25) is 14.7 Å². The van der Waals surface area contributed by atoms with E-state index in [0.29, 0.717) is 12.1 Å². The Morgan fingerprint density at radius 3 is 2.27 bits per heavy atom. The van der Waals surface area contributed by atoms with Gasteiger partial charge in [0.15, 0.2) is 5.96 Å². The lowest BCUT2D eigenvalue weighted by molar-refractivity contribution is 0.0953. The Morgan fingerprint density at radius 1 is 0.900 bits per heavy atom. The first kappa shape index (κ1) is 21.8. The van der Waals surface area contributed by atoms with Crippen LogP contribution in [-0.4, -0.2) is 50.0 Å². The Morgan fingerprint density at radius 2 is 1.57 bits per heavy atom. The molecule has 2 aromatic rings. The van der Waals surface area contributed by atoms with Gasteiger partial charge in [0.1, 0.15) is 0 Å². The fourth-order valence-electron chi connectivity index (χ4n) is 3.56. The van der Waals surface area contributed by atoms with Crippen molar-refractivity contribution in [3.63, 3.8) is 0 Å². The Balaban J connectivity index is 1.31. The van der Waals surface area contributed by atoms with Crippen LogP contribution in [0.5, 0.6) is 0 Å². The van der Waals surface area contributed by atoms with Crippen molar-refractivity contribution in [2.24, 2.45) is 4.99 Å². The molecule has 0 bridgehead atoms. The highest BCUT2D eigenvalue weighted by atomic mass is 16.1. The van der Waals surface area contributed by atoms with E-state index in [2.05, 4.69) is 50.1 Å². The van der Waals surface area contributed by atoms with E-state index in [1.54, 1.807) is 7.05 Å². The van der Waals surface area contributed by atoms with E-state index in [1.807, 2.05) is 30.3 Å². The maximum absolute atomic E-state index is 12.0. The summed E-state index contributed by atoms with van der Waals surface area (Å²) in [5.41, 5.74) is 3.30. The first-order valence-corrected chi connectivity index (χ1v) is 10.8. The van der Waals surface area contributed by atoms with Crippen LogP contribution in [0.1, 0.15) is 40.7 Å². The van der Waals surface area contributed by atoms with Gasteiger partial charge in [-0.2, -0.15) is 0 Å². The first-order chi connectivity index (χ1) is 14.7. The fraction of sp³-hybridized carbons (Fsp3) is 0.417. The Labute approximate surface area is 179 Å². The van der Waals surface area contributed by atoms with E-state index in [-0.39, 0.29) is 5.91 Å². The molecule has 0 radical (unpaired) electrons. The van der Waals surface area contributed by atoms with E-state index in [4.69, 9.17) is 0 Å². The number of carbonyl (C=O) groups excluding carboxylic acids is 1. The summed E-state index contributed by atoms with van der Waals surface area (Å²) in [5, 5.41) is 9.58. The van der Waals surface area contributed by atoms with Crippen LogP contribution in [-0.2, 0) is 13.1 Å². The van der Waals surface area contributed by atoms with Gasteiger partial charge in [-0.1, -0.05) is 42.5 Å². The van der Waals surface area contributed by atoms with Crippen molar-refractivity contribution in [2.45, 2.75) is 32.4 Å². The van der Waals surface area contributed by atoms with E-state index >= 15 is 0 Å². The second-order valence-electron chi connectivity index (χ2n) is 7.63. The van der Waals surface area contributed by atoms with Crippen LogP contribution in [0.3, 0.4) is 0 Å². The molecule has 3 N–H and O–H groups in total. The fourth-order valence-corrected chi connectivity index (χ4v) is 3.56. The highest BCUT2D eigenvalue weighted by molar-refractivity contribution is 5.94. The summed E-state index contributed by atoms with van der Waals surface area (Å²) >= 11 is 0. The monoisotopic (exact) mass is 407 g/mol. The lowest BCUT2D eigenvalue weighted by Gasteiger charge is -2.15. The van der Waals surface area contributed by atoms with Gasteiger partial charge < -0.3 is 16.0 Å². The van der Waals surface area contributed by atoms with Gasteiger partial charge in [0.25, 0.3) is 5.91 Å². The molecular formula is C24H33N5O. The normalized spacial score (nSPS) is 14.5. The number of guanidine groups is 1. The van der Waals surface area contributed by atoms with E-state index in [0.717, 1.165) is 32.0 Å². The molecule has 30 heavy (non-hydrogen) atoms. The number of nitrogens with zero attached hydrogens (tertiary/aromatic N) is 2. The second-order valence-corrected chi connectivity index (χ2v) is 7.63. The summed E-state index contributed by atoms with van der Waals surface area (Å²) in [7, 11) is 1.77. The van der Waals surface area contributed by atoms with Gasteiger partial charge in [-0.15, -0.1) is 0 Å². The third-order valence-electron chi connectivity index (χ3n) is 5.28. The number of rotatable bonds is 9. The average Bonchev–Trinajstić information content (AvgIpc) is 3.30. The number of carbonyl (C=O) groups is 1. The minimum absolute atomic E-state index is 0.0358. The number of amides is 1. The van der Waals surface area contributed by atoms with Crippen LogP contribution in [0.4, 0.5) is 0 Å². The average molecular weight is 408 g/mol. The highest BCUT2D eigenvalue weighted by Crippen LogP contribution is 2.13. The minimum Gasteiger partial charge on any atom is -0.356 e. The molecule has 6 heteroatoms. The van der Waals surface area contributed by atoms with Crippen molar-refractivity contribution in [1.82, 2.24) is 20.9 Å². The predicted molar refractivity (Wildman–Crippen MR) is 123 cm³/mol. The van der Waals surface area contributed by atoms with Crippen molar-refractivity contribution >= 4 is 11.9 Å². The van der Waals surface area contributed by atoms with Gasteiger partial charge in [0.2, 0.25) is 0 Å². The second kappa shape index (κ2) is 12.0. The largest absolute Gasteiger partial charge is 0.356 e. The quantitative estimate of drug-likeness (QED) is 0.340. The maximum Gasteiger partial charge on any atom is 0.251 e. The standard InChI is InChI=1S/C24H33N5O/c1-25-24(27-15-7-14-26-23(30)22-8-3-2-4-9-22)28-18-20-10-12-21(13-11-20)19-29-16-5-6-17-29/h2-4,8-13H,5-7,14-19H2,1H3,(H,26,30)(H2,25,27,28). The number of aliphatic imine (C=N–C) groups is 1. The molecule has 1 heterocycles. The molecule has 0 saturated carbocycles. The molecule has 3 rings (SSSR count). The zero-order valence-corrected chi connectivity index (χ0v) is 17.9. The van der Waals surface area contributed by atoms with Gasteiger partial charge in [-0.25, -0.2) is 0 Å². The van der Waals surface area contributed by atoms with Crippen LogP contribution in [0, 0.1) is 0 Å². The molecule has 1 aliphatic heterocycles. The molecule has 0 aromatic heterocycles. The highest BCUT2D eigenvalue weighted by Gasteiger charge is 2.11. The number of nitrogens with one attached hydrogen (secondary N) is 3. The Bertz CT molecular complexity index is 798. The van der Waals surface area contributed by atoms with Crippen molar-refractivity contribution in [2.75, 3.05) is 33.2 Å². The van der Waals surface area contributed by atoms with Crippen LogP contribution in [0.15, 0.2) is 59.6 Å². The molecule has 1 amide bonds. The zero-order valence-electron chi connectivity index (χ0n) is 17.9. The summed E-state index contributed by atoms with van der Waals surface area (Å²) in [6.45, 7) is 5.59. The molecule has 0 atom stereocenters. The lowest BCUT2D eigenvalue weighted by atomic mass is 10.1. The Hall–Kier alpha value is -2.86. The third kappa shape index (κ3) is 7.19. The van der Waals surface area contributed by atoms with Crippen LogP contribution in [0.2, 0.25) is 0 Å². The number of likely N-dealkylation sites (tertiary alicyclic amines) is 1. The maximum atomic E-state index is 12.0. The van der Waals surface area contributed by atoms with Gasteiger partial charge in [0, 0.05) is 38.8 Å². The number of hydrogen-bond donors (Lipinski definition) is 3. The Kier molecular flexibility index (Phi) is 8.72. The lowest BCUT2D eigenvalue weighted by Crippen LogP contribution is -2.38. The molecule has 0 spiro atoms. The first-order valence-electron chi connectivity index (χ1n) is 10.8. The summed E-state index contributed by atoms with van der Waals surface area (Å²) in [6.07, 6.45) is 3.48. The molecule has 1 saturated heterocycles. The zero-order chi connectivity index (χ0) is 21.0. The molecule has 2 aromatic carbocycles. The molecule has 1 aliphatic rings. The minimum atomic E-state index is -0.0358. The number of hydrogen-bond acceptors (Lipinski definition) is 3. The summed E-state index contributed by atoms with van der Waals surface area (Å²) in [6, 6.07) is 18.1. The molecule has 160 valence electrons. The summed E-state index contributed by atoms with van der Waals surface area (Å²) in [5.74, 6) is 0.733. The molecular weight excluding hydrogens is 374 g/mol. The van der Waals surface area contributed by atoms with Crippen molar-refractivity contribution < 1.29 is 4.79 Å². The van der Waals surface area contributed by atoms with Gasteiger partial charge >= 0.3 is 0 Å². The van der Waals surface area contributed by atoms with Crippen LogP contribution in [0.25, 0.3) is 0 Å². The molecule has 0 aliphatic carbocycles. The van der Waals surface area contributed by atoms with Crippen molar-refractivity contribution in [3.8, 4) is 0 Å². The predicted octanol–water partition coefficient (Wildman–Crippen LogP) is 2.77. The van der Waals surface area contributed by atoms with Gasteiger partial charge in [-0.05, 0) is 55.6 Å². The summed E-state index contributed by atoms with van der Waals surface area (Å²) < 4.78 is 0. The van der Waals surface area contributed by atoms with Crippen molar-refractivity contribution in [3.05, 3.63) is 71.3 Å². The molecule has 0 unspecified atom stereocenters. The van der Waals surface area contributed by atoms with E-state index in [9.17, 15) is 4.79 Å². The number of benzene rings is 2. The third-order valence-corrected chi connectivity index (χ3v) is 5.28. The van der Waals surface area contributed by atoms with Gasteiger partial charge in [0.05, 0.1) is 0 Å². The summed E-state index contributed by atoms with van der Waals surface area (Å²) in [4.78, 5) is 18.8. The SMILES string of the molecule is CN=C(NCCCNC(=O)c1ccccc1)NCc1ccc(CN2CCCC2)cc1. The van der Waals surface area contributed by atoms with E-state index in [1.165, 1.54) is 37.1 Å². The molecule has 6 nitrogen and oxygen atoms in total. The van der Waals surface area contributed by atoms with Crippen LogP contribution >= 0.6 is 0 Å². The van der Waals surface area contributed by atoms with E-state index < -0.39 is 0 Å². The van der Waals surface area contributed by atoms with Crippen LogP contribution < -0.4 is 16.0 Å².